The summed E-state index contributed by atoms with van der Waals surface area (Å²) in [5, 5.41) is 0. The molecule has 0 saturated heterocycles. The molecule has 0 fully saturated rings. The number of carbonyl (C=O) groups excluding carboxylic acids is 2. The molecule has 7 heteroatoms. The highest BCUT2D eigenvalue weighted by molar-refractivity contribution is 5.90. The van der Waals surface area contributed by atoms with Crippen molar-refractivity contribution < 1.29 is 24.1 Å². The number of carbonyl (C=O) groups is 2. The zero-order valence-electron chi connectivity index (χ0n) is 16.0. The van der Waals surface area contributed by atoms with E-state index < -0.39 is 23.3 Å². The van der Waals surface area contributed by atoms with Gasteiger partial charge < -0.3 is 15.4 Å². The van der Waals surface area contributed by atoms with E-state index in [1.54, 1.807) is 60.7 Å². The Balaban J connectivity index is 2.75. The summed E-state index contributed by atoms with van der Waals surface area (Å²) < 4.78 is 5.29. The van der Waals surface area contributed by atoms with Gasteiger partial charge in [0.05, 0.1) is 12.1 Å². The molecule has 2 N–H and O–H groups in total. The van der Waals surface area contributed by atoms with Crippen LogP contribution in [-0.4, -0.2) is 35.2 Å². The van der Waals surface area contributed by atoms with Gasteiger partial charge in [-0.05, 0) is 59.2 Å². The summed E-state index contributed by atoms with van der Waals surface area (Å²) in [6.45, 7) is 11.0. The Morgan fingerprint density at radius 1 is 1.08 bits per heavy atom. The Bertz CT molecular complexity index is 629. The zero-order chi connectivity index (χ0) is 19.4. The van der Waals surface area contributed by atoms with Gasteiger partial charge in [0, 0.05) is 12.7 Å². The van der Waals surface area contributed by atoms with Crippen LogP contribution in [0, 0.1) is 0 Å². The average Bonchev–Trinajstić information content (AvgIpc) is 2.44. The molecule has 0 heterocycles. The molecule has 0 atom stereocenters. The number of ether oxygens (including phenoxy) is 1. The number of hydrogen-bond donors (Lipinski definition) is 1. The first-order chi connectivity index (χ1) is 11.3. The van der Waals surface area contributed by atoms with Crippen molar-refractivity contribution in [1.29, 1.82) is 0 Å². The first-order valence-corrected chi connectivity index (χ1v) is 8.01. The van der Waals surface area contributed by atoms with Crippen molar-refractivity contribution in [3.8, 4) is 0 Å². The Labute approximate surface area is 149 Å². The predicted octanol–water partition coefficient (Wildman–Crippen LogP) is 3.52. The van der Waals surface area contributed by atoms with Gasteiger partial charge in [0.25, 0.3) is 0 Å². The van der Waals surface area contributed by atoms with Crippen molar-refractivity contribution in [1.82, 2.24) is 4.90 Å². The minimum Gasteiger partial charge on any atom is -0.444 e. The van der Waals surface area contributed by atoms with E-state index in [-0.39, 0.29) is 12.1 Å². The van der Waals surface area contributed by atoms with E-state index in [4.69, 9.17) is 20.2 Å². The van der Waals surface area contributed by atoms with Gasteiger partial charge in [0.2, 0.25) is 0 Å². The topological polar surface area (TPSA) is 91.1 Å². The number of anilines is 1. The molecule has 1 rings (SSSR count). The summed E-state index contributed by atoms with van der Waals surface area (Å²) in [7, 11) is 1.62. The summed E-state index contributed by atoms with van der Waals surface area (Å²) in [6, 6.07) is 4.74. The van der Waals surface area contributed by atoms with Crippen molar-refractivity contribution in [2.75, 3.05) is 12.8 Å². The second-order valence-electron chi connectivity index (χ2n) is 7.82. The first kappa shape index (κ1) is 20.8. The van der Waals surface area contributed by atoms with Gasteiger partial charge in [-0.15, -0.1) is 0 Å². The van der Waals surface area contributed by atoms with E-state index in [0.717, 1.165) is 0 Å². The molecule has 140 valence electrons. The summed E-state index contributed by atoms with van der Waals surface area (Å²) >= 11 is 0. The minimum atomic E-state index is -0.631. The van der Waals surface area contributed by atoms with Gasteiger partial charge in [-0.25, -0.2) is 9.59 Å². The van der Waals surface area contributed by atoms with Crippen LogP contribution in [0.1, 0.15) is 57.5 Å². The van der Waals surface area contributed by atoms with Crippen molar-refractivity contribution in [3.63, 3.8) is 0 Å². The van der Waals surface area contributed by atoms with Crippen LogP contribution in [0.25, 0.3) is 0 Å². The molecular formula is C18H28N2O5. The molecule has 0 bridgehead atoms. The molecule has 1 aromatic rings. The smallest absolute Gasteiger partial charge is 0.410 e. The maximum Gasteiger partial charge on any atom is 0.410 e. The molecule has 0 unspecified atom stereocenters. The van der Waals surface area contributed by atoms with E-state index in [9.17, 15) is 9.59 Å². The number of nitrogen functional groups attached to an aromatic ring is 1. The monoisotopic (exact) mass is 352 g/mol. The molecule has 0 aliphatic carbocycles. The fraction of sp³-hybridized carbons (Fsp3) is 0.556. The van der Waals surface area contributed by atoms with Gasteiger partial charge in [0.1, 0.15) is 11.2 Å². The van der Waals surface area contributed by atoms with E-state index >= 15 is 0 Å². The van der Waals surface area contributed by atoms with Crippen LogP contribution in [0.3, 0.4) is 0 Å². The van der Waals surface area contributed by atoms with Crippen molar-refractivity contribution in [2.24, 2.45) is 0 Å². The SMILES string of the molecule is CN(Cc1ccc(C(=O)OOC(C)(C)C)cc1N)C(=O)OC(C)(C)C. The van der Waals surface area contributed by atoms with Crippen LogP contribution in [0.5, 0.6) is 0 Å². The largest absolute Gasteiger partial charge is 0.444 e. The molecule has 0 radical (unpaired) electrons. The second-order valence-corrected chi connectivity index (χ2v) is 7.82. The Kier molecular flexibility index (Phi) is 6.42. The third-order valence-electron chi connectivity index (χ3n) is 2.86. The Morgan fingerprint density at radius 3 is 2.16 bits per heavy atom. The quantitative estimate of drug-likeness (QED) is 0.506. The maximum atomic E-state index is 12.0. The standard InChI is InChI=1S/C18H28N2O5/c1-17(2,3)23-16(22)20(7)11-13-9-8-12(10-14(13)19)15(21)24-25-18(4,5)6/h8-10H,11,19H2,1-7H3. The fourth-order valence-corrected chi connectivity index (χ4v) is 1.74. The molecule has 0 spiro atoms. The number of nitrogens with two attached hydrogens (primary N) is 1. The number of rotatable bonds is 4. The molecule has 1 aromatic carbocycles. The van der Waals surface area contributed by atoms with E-state index in [1.165, 1.54) is 11.0 Å². The molecular weight excluding hydrogens is 324 g/mol. The normalized spacial score (nSPS) is 11.8. The number of hydrogen-bond acceptors (Lipinski definition) is 6. The van der Waals surface area contributed by atoms with Gasteiger partial charge in [-0.1, -0.05) is 6.07 Å². The average molecular weight is 352 g/mol. The summed E-state index contributed by atoms with van der Waals surface area (Å²) in [5.41, 5.74) is 6.16. The summed E-state index contributed by atoms with van der Waals surface area (Å²) in [4.78, 5) is 35.2. The predicted molar refractivity (Wildman–Crippen MR) is 94.8 cm³/mol. The number of benzene rings is 1. The van der Waals surface area contributed by atoms with Gasteiger partial charge in [-0.3, -0.25) is 4.89 Å². The van der Waals surface area contributed by atoms with Crippen LogP contribution >= 0.6 is 0 Å². The lowest BCUT2D eigenvalue weighted by molar-refractivity contribution is -0.301. The van der Waals surface area contributed by atoms with E-state index in [2.05, 4.69) is 0 Å². The third-order valence-corrected chi connectivity index (χ3v) is 2.86. The van der Waals surface area contributed by atoms with Crippen molar-refractivity contribution in [3.05, 3.63) is 29.3 Å². The highest BCUT2D eigenvalue weighted by Crippen LogP contribution is 2.19. The summed E-state index contributed by atoms with van der Waals surface area (Å²) in [6.07, 6.45) is -0.450. The molecule has 25 heavy (non-hydrogen) atoms. The highest BCUT2D eigenvalue weighted by Gasteiger charge is 2.21. The fourth-order valence-electron chi connectivity index (χ4n) is 1.74. The van der Waals surface area contributed by atoms with Gasteiger partial charge in [0.15, 0.2) is 0 Å². The lowest BCUT2D eigenvalue weighted by Gasteiger charge is -2.25. The highest BCUT2D eigenvalue weighted by atomic mass is 17.2. The van der Waals surface area contributed by atoms with Gasteiger partial charge >= 0.3 is 12.1 Å². The van der Waals surface area contributed by atoms with E-state index in [0.29, 0.717) is 11.3 Å². The molecule has 0 aliphatic rings. The molecule has 0 saturated carbocycles. The first-order valence-electron chi connectivity index (χ1n) is 8.01. The van der Waals surface area contributed by atoms with Crippen molar-refractivity contribution in [2.45, 2.75) is 59.3 Å². The Morgan fingerprint density at radius 2 is 1.68 bits per heavy atom. The zero-order valence-corrected chi connectivity index (χ0v) is 16.0. The van der Waals surface area contributed by atoms with Crippen LogP contribution in [0.2, 0.25) is 0 Å². The van der Waals surface area contributed by atoms with Crippen LogP contribution < -0.4 is 5.73 Å². The lowest BCUT2D eigenvalue weighted by Crippen LogP contribution is -2.34. The number of amides is 1. The third kappa shape index (κ3) is 7.43. The Hall–Kier alpha value is -2.28. The van der Waals surface area contributed by atoms with E-state index in [1.807, 2.05) is 0 Å². The molecule has 0 aliphatic heterocycles. The van der Waals surface area contributed by atoms with Crippen molar-refractivity contribution >= 4 is 17.7 Å². The number of nitrogens with zero attached hydrogens (tertiary/aromatic N) is 1. The van der Waals surface area contributed by atoms with Crippen LogP contribution in [-0.2, 0) is 21.1 Å². The van der Waals surface area contributed by atoms with Gasteiger partial charge in [-0.2, -0.15) is 4.89 Å². The molecule has 7 nitrogen and oxygen atoms in total. The van der Waals surface area contributed by atoms with Crippen LogP contribution in [0.15, 0.2) is 18.2 Å². The minimum absolute atomic E-state index is 0.258. The summed E-state index contributed by atoms with van der Waals surface area (Å²) in [5.74, 6) is -0.631. The molecule has 1 amide bonds. The lowest BCUT2D eigenvalue weighted by atomic mass is 10.1. The van der Waals surface area contributed by atoms with Crippen LogP contribution in [0.4, 0.5) is 10.5 Å². The maximum absolute atomic E-state index is 12.0. The molecule has 0 aromatic heterocycles. The second kappa shape index (κ2) is 7.74.